The Bertz CT molecular complexity index is 1040. The summed E-state index contributed by atoms with van der Waals surface area (Å²) in [5.41, 5.74) is 1.60. The zero-order chi connectivity index (χ0) is 24.0. The van der Waals surface area contributed by atoms with Gasteiger partial charge in [0.2, 0.25) is 15.9 Å². The molecule has 9 heteroatoms. The molecule has 0 unspecified atom stereocenters. The third-order valence-electron chi connectivity index (χ3n) is 6.38. The predicted molar refractivity (Wildman–Crippen MR) is 132 cm³/mol. The normalized spacial score (nSPS) is 15.2. The van der Waals surface area contributed by atoms with Crippen molar-refractivity contribution in [3.05, 3.63) is 24.0 Å². The van der Waals surface area contributed by atoms with Crippen LogP contribution in [-0.4, -0.2) is 71.8 Å². The fourth-order valence-electron chi connectivity index (χ4n) is 4.50. The molecule has 8 nitrogen and oxygen atoms in total. The van der Waals surface area contributed by atoms with E-state index in [4.69, 9.17) is 4.98 Å². The summed E-state index contributed by atoms with van der Waals surface area (Å²) in [6, 6.07) is 5.69. The van der Waals surface area contributed by atoms with Gasteiger partial charge in [0.05, 0.1) is 15.9 Å². The SMILES string of the molecule is CCCn1c(CCC(=O)NCCN(CC)C(C)C)nc2cc(S(=O)(=O)N3CCCC3)ccc21. The Hall–Kier alpha value is -1.97. The fourth-order valence-corrected chi connectivity index (χ4v) is 6.03. The Morgan fingerprint density at radius 1 is 1.21 bits per heavy atom. The maximum atomic E-state index is 13.0. The monoisotopic (exact) mass is 477 g/mol. The number of nitrogens with one attached hydrogen (secondary N) is 1. The highest BCUT2D eigenvalue weighted by Crippen LogP contribution is 2.25. The van der Waals surface area contributed by atoms with Gasteiger partial charge in [-0.05, 0) is 57.9 Å². The molecule has 2 heterocycles. The number of sulfonamides is 1. The number of hydrogen-bond donors (Lipinski definition) is 1. The minimum absolute atomic E-state index is 0.0159. The number of hydrogen-bond acceptors (Lipinski definition) is 5. The van der Waals surface area contributed by atoms with Crippen LogP contribution in [0.25, 0.3) is 11.0 Å². The van der Waals surface area contributed by atoms with E-state index in [9.17, 15) is 13.2 Å². The van der Waals surface area contributed by atoms with Crippen molar-refractivity contribution in [3.8, 4) is 0 Å². The standard InChI is InChI=1S/C24H39N5O3S/c1-5-14-29-22-10-9-20(33(31,32)28-15-7-8-16-28)18-21(22)26-23(29)11-12-24(30)25-13-17-27(6-2)19(3)4/h9-10,18-19H,5-8,11-17H2,1-4H3,(H,25,30). The molecule has 1 aliphatic rings. The van der Waals surface area contributed by atoms with Gasteiger partial charge in [0.15, 0.2) is 0 Å². The van der Waals surface area contributed by atoms with E-state index in [2.05, 4.69) is 42.5 Å². The average molecular weight is 478 g/mol. The molecule has 0 spiro atoms. The van der Waals surface area contributed by atoms with Gasteiger partial charge in [-0.1, -0.05) is 13.8 Å². The van der Waals surface area contributed by atoms with Crippen LogP contribution in [0.1, 0.15) is 59.2 Å². The second kappa shape index (κ2) is 11.4. The largest absolute Gasteiger partial charge is 0.355 e. The number of fused-ring (bicyclic) bond motifs is 1. The van der Waals surface area contributed by atoms with Crippen molar-refractivity contribution in [2.75, 3.05) is 32.7 Å². The Morgan fingerprint density at radius 2 is 1.94 bits per heavy atom. The van der Waals surface area contributed by atoms with Crippen LogP contribution in [0.3, 0.4) is 0 Å². The molecular weight excluding hydrogens is 438 g/mol. The first kappa shape index (κ1) is 25.6. The zero-order valence-electron chi connectivity index (χ0n) is 20.5. The van der Waals surface area contributed by atoms with Crippen LogP contribution >= 0.6 is 0 Å². The smallest absolute Gasteiger partial charge is 0.243 e. The number of nitrogens with zero attached hydrogens (tertiary/aromatic N) is 4. The van der Waals surface area contributed by atoms with Crippen molar-refractivity contribution in [3.63, 3.8) is 0 Å². The summed E-state index contributed by atoms with van der Waals surface area (Å²) in [6.45, 7) is 12.9. The Balaban J connectivity index is 1.70. The minimum atomic E-state index is -3.48. The van der Waals surface area contributed by atoms with Gasteiger partial charge in [-0.15, -0.1) is 0 Å². The molecule has 1 fully saturated rings. The van der Waals surface area contributed by atoms with Gasteiger partial charge in [-0.3, -0.25) is 9.69 Å². The molecule has 1 N–H and O–H groups in total. The summed E-state index contributed by atoms with van der Waals surface area (Å²) in [6.07, 6.45) is 3.64. The Kier molecular flexibility index (Phi) is 8.89. The van der Waals surface area contributed by atoms with Crippen molar-refractivity contribution in [1.29, 1.82) is 0 Å². The molecule has 1 aliphatic heterocycles. The zero-order valence-corrected chi connectivity index (χ0v) is 21.3. The molecule has 0 atom stereocenters. The van der Waals surface area contributed by atoms with Gasteiger partial charge in [0.1, 0.15) is 5.82 Å². The molecule has 184 valence electrons. The molecule has 1 aromatic carbocycles. The van der Waals surface area contributed by atoms with E-state index in [1.165, 1.54) is 0 Å². The summed E-state index contributed by atoms with van der Waals surface area (Å²) in [5, 5.41) is 3.02. The molecule has 0 bridgehead atoms. The van der Waals surface area contributed by atoms with Gasteiger partial charge < -0.3 is 9.88 Å². The summed E-state index contributed by atoms with van der Waals surface area (Å²) in [4.78, 5) is 19.8. The lowest BCUT2D eigenvalue weighted by Gasteiger charge is -2.24. The van der Waals surface area contributed by atoms with E-state index < -0.39 is 10.0 Å². The second-order valence-electron chi connectivity index (χ2n) is 9.01. The van der Waals surface area contributed by atoms with Crippen LogP contribution in [0.15, 0.2) is 23.1 Å². The van der Waals surface area contributed by atoms with Crippen LogP contribution in [0.2, 0.25) is 0 Å². The number of aryl methyl sites for hydroxylation is 2. The van der Waals surface area contributed by atoms with Gasteiger partial charge in [0.25, 0.3) is 0 Å². The number of aromatic nitrogens is 2. The van der Waals surface area contributed by atoms with Gasteiger partial charge in [-0.25, -0.2) is 13.4 Å². The number of amides is 1. The first-order valence-corrected chi connectivity index (χ1v) is 13.7. The first-order valence-electron chi connectivity index (χ1n) is 12.3. The van der Waals surface area contributed by atoms with E-state index in [0.29, 0.717) is 48.9 Å². The van der Waals surface area contributed by atoms with Crippen molar-refractivity contribution in [2.45, 2.75) is 77.3 Å². The van der Waals surface area contributed by atoms with Crippen molar-refractivity contribution >= 4 is 27.0 Å². The van der Waals surface area contributed by atoms with Crippen molar-refractivity contribution in [2.24, 2.45) is 0 Å². The lowest BCUT2D eigenvalue weighted by Crippen LogP contribution is -2.38. The van der Waals surface area contributed by atoms with Gasteiger partial charge >= 0.3 is 0 Å². The highest BCUT2D eigenvalue weighted by atomic mass is 32.2. The molecule has 1 amide bonds. The lowest BCUT2D eigenvalue weighted by atomic mass is 10.2. The fraction of sp³-hybridized carbons (Fsp3) is 0.667. The molecular formula is C24H39N5O3S. The van der Waals surface area contributed by atoms with E-state index in [1.807, 2.05) is 6.07 Å². The summed E-state index contributed by atoms with van der Waals surface area (Å²) in [5.74, 6) is 0.845. The van der Waals surface area contributed by atoms with Gasteiger partial charge in [-0.2, -0.15) is 4.31 Å². The number of likely N-dealkylation sites (N-methyl/N-ethyl adjacent to an activating group) is 1. The maximum absolute atomic E-state index is 13.0. The first-order chi connectivity index (χ1) is 15.8. The molecule has 3 rings (SSSR count). The minimum Gasteiger partial charge on any atom is -0.355 e. The number of carbonyl (C=O) groups excluding carboxylic acids is 1. The molecule has 1 aromatic heterocycles. The summed E-state index contributed by atoms with van der Waals surface area (Å²) < 4.78 is 29.6. The van der Waals surface area contributed by atoms with E-state index in [0.717, 1.165) is 50.2 Å². The Labute approximate surface area is 198 Å². The van der Waals surface area contributed by atoms with Crippen molar-refractivity contribution < 1.29 is 13.2 Å². The third-order valence-corrected chi connectivity index (χ3v) is 8.28. The number of carbonyl (C=O) groups is 1. The van der Waals surface area contributed by atoms with Crippen LogP contribution < -0.4 is 5.32 Å². The average Bonchev–Trinajstić information content (AvgIpc) is 3.44. The molecule has 33 heavy (non-hydrogen) atoms. The third kappa shape index (κ3) is 6.13. The molecule has 1 saturated heterocycles. The quantitative estimate of drug-likeness (QED) is 0.508. The summed E-state index contributed by atoms with van der Waals surface area (Å²) in [7, 11) is -3.48. The Morgan fingerprint density at radius 3 is 2.58 bits per heavy atom. The van der Waals surface area contributed by atoms with Crippen LogP contribution in [0.5, 0.6) is 0 Å². The highest BCUT2D eigenvalue weighted by Gasteiger charge is 2.27. The predicted octanol–water partition coefficient (Wildman–Crippen LogP) is 3.01. The molecule has 0 aliphatic carbocycles. The molecule has 0 radical (unpaired) electrons. The van der Waals surface area contributed by atoms with E-state index in [1.54, 1.807) is 16.4 Å². The van der Waals surface area contributed by atoms with E-state index in [-0.39, 0.29) is 5.91 Å². The number of benzene rings is 1. The van der Waals surface area contributed by atoms with E-state index >= 15 is 0 Å². The van der Waals surface area contributed by atoms with Crippen LogP contribution in [0.4, 0.5) is 0 Å². The van der Waals surface area contributed by atoms with Crippen LogP contribution in [-0.2, 0) is 27.8 Å². The topological polar surface area (TPSA) is 87.5 Å². The number of imidazole rings is 1. The second-order valence-corrected chi connectivity index (χ2v) is 11.0. The van der Waals surface area contributed by atoms with Crippen LogP contribution in [0, 0.1) is 0 Å². The lowest BCUT2D eigenvalue weighted by molar-refractivity contribution is -0.121. The van der Waals surface area contributed by atoms with Gasteiger partial charge in [0, 0.05) is 51.6 Å². The van der Waals surface area contributed by atoms with Crippen molar-refractivity contribution in [1.82, 2.24) is 24.1 Å². The number of rotatable bonds is 12. The highest BCUT2D eigenvalue weighted by molar-refractivity contribution is 7.89. The molecule has 0 saturated carbocycles. The maximum Gasteiger partial charge on any atom is 0.243 e. The summed E-state index contributed by atoms with van der Waals surface area (Å²) >= 11 is 0. The molecule has 2 aromatic rings.